The molecule has 0 radical (unpaired) electrons. The highest BCUT2D eigenvalue weighted by Crippen LogP contribution is 2.08. The van der Waals surface area contributed by atoms with Gasteiger partial charge in [0.1, 0.15) is 5.76 Å². The molecular formula is C13H23N3O2. The number of aromatic nitrogens is 1. The Morgan fingerprint density at radius 1 is 1.28 bits per heavy atom. The van der Waals surface area contributed by atoms with Gasteiger partial charge in [-0.25, -0.2) is 4.98 Å². The molecule has 1 aromatic heterocycles. The maximum atomic E-state index is 5.51. The van der Waals surface area contributed by atoms with Crippen molar-refractivity contribution in [3.05, 3.63) is 17.3 Å². The van der Waals surface area contributed by atoms with Gasteiger partial charge in [-0.1, -0.05) is 0 Å². The van der Waals surface area contributed by atoms with Crippen LogP contribution in [0.2, 0.25) is 0 Å². The predicted molar refractivity (Wildman–Crippen MR) is 69.6 cm³/mol. The van der Waals surface area contributed by atoms with Gasteiger partial charge in [-0.05, 0) is 26.4 Å². The second-order valence-corrected chi connectivity index (χ2v) is 4.73. The van der Waals surface area contributed by atoms with Gasteiger partial charge in [0.25, 0.3) is 0 Å². The molecule has 18 heavy (non-hydrogen) atoms. The third-order valence-corrected chi connectivity index (χ3v) is 3.22. The van der Waals surface area contributed by atoms with Crippen molar-refractivity contribution in [1.29, 1.82) is 0 Å². The minimum atomic E-state index is 0.748. The summed E-state index contributed by atoms with van der Waals surface area (Å²) in [6.07, 6.45) is 1.16. The van der Waals surface area contributed by atoms with E-state index in [1.807, 2.05) is 13.8 Å². The second-order valence-electron chi connectivity index (χ2n) is 4.73. The van der Waals surface area contributed by atoms with E-state index in [-0.39, 0.29) is 0 Å². The fourth-order valence-electron chi connectivity index (χ4n) is 2.19. The number of morpholine rings is 1. The minimum absolute atomic E-state index is 0.748. The van der Waals surface area contributed by atoms with Crippen LogP contribution < -0.4 is 5.32 Å². The third kappa shape index (κ3) is 4.08. The quantitative estimate of drug-likeness (QED) is 0.770. The largest absolute Gasteiger partial charge is 0.444 e. The number of oxazole rings is 1. The van der Waals surface area contributed by atoms with E-state index in [9.17, 15) is 0 Å². The Labute approximate surface area is 109 Å². The maximum Gasteiger partial charge on any atom is 0.191 e. The fraction of sp³-hybridized carbons (Fsp3) is 0.769. The Balaban J connectivity index is 1.57. The van der Waals surface area contributed by atoms with Gasteiger partial charge in [0.2, 0.25) is 0 Å². The molecule has 1 aromatic rings. The van der Waals surface area contributed by atoms with Crippen LogP contribution in [0.3, 0.4) is 0 Å². The molecule has 0 bridgehead atoms. The van der Waals surface area contributed by atoms with Gasteiger partial charge in [0.05, 0.1) is 25.5 Å². The molecular weight excluding hydrogens is 230 g/mol. The highest BCUT2D eigenvalue weighted by molar-refractivity contribution is 5.06. The lowest BCUT2D eigenvalue weighted by atomic mass is 10.3. The average Bonchev–Trinajstić information content (AvgIpc) is 2.69. The molecule has 0 saturated carbocycles. The van der Waals surface area contributed by atoms with Crippen molar-refractivity contribution in [2.24, 2.45) is 0 Å². The molecule has 0 spiro atoms. The lowest BCUT2D eigenvalue weighted by Gasteiger charge is -2.26. The first-order valence-corrected chi connectivity index (χ1v) is 6.69. The lowest BCUT2D eigenvalue weighted by molar-refractivity contribution is 0.0374. The molecule has 1 aliphatic rings. The molecule has 0 aliphatic carbocycles. The van der Waals surface area contributed by atoms with Crippen molar-refractivity contribution >= 4 is 0 Å². The van der Waals surface area contributed by atoms with Crippen LogP contribution in [0.1, 0.15) is 23.8 Å². The normalized spacial score (nSPS) is 17.2. The summed E-state index contributed by atoms with van der Waals surface area (Å²) >= 11 is 0. The van der Waals surface area contributed by atoms with Crippen LogP contribution in [0.15, 0.2) is 4.42 Å². The zero-order valence-electron chi connectivity index (χ0n) is 11.4. The van der Waals surface area contributed by atoms with Crippen LogP contribution in [0.25, 0.3) is 0 Å². The average molecular weight is 253 g/mol. The van der Waals surface area contributed by atoms with Crippen LogP contribution in [0.5, 0.6) is 0 Å². The van der Waals surface area contributed by atoms with E-state index in [0.29, 0.717) is 0 Å². The topological polar surface area (TPSA) is 50.5 Å². The molecule has 0 aromatic carbocycles. The molecule has 1 aliphatic heterocycles. The predicted octanol–water partition coefficient (Wildman–Crippen LogP) is 1.10. The summed E-state index contributed by atoms with van der Waals surface area (Å²) in [6, 6.07) is 0. The molecule has 1 fully saturated rings. The first-order chi connectivity index (χ1) is 8.75. The Morgan fingerprint density at radius 2 is 2.06 bits per heavy atom. The van der Waals surface area contributed by atoms with E-state index in [2.05, 4.69) is 15.2 Å². The second kappa shape index (κ2) is 6.87. The summed E-state index contributed by atoms with van der Waals surface area (Å²) in [5, 5.41) is 3.40. The van der Waals surface area contributed by atoms with E-state index in [4.69, 9.17) is 9.15 Å². The zero-order chi connectivity index (χ0) is 12.8. The van der Waals surface area contributed by atoms with Crippen LogP contribution in [0, 0.1) is 13.8 Å². The molecule has 0 atom stereocenters. The summed E-state index contributed by atoms with van der Waals surface area (Å²) in [6.45, 7) is 10.7. The number of hydrogen-bond donors (Lipinski definition) is 1. The Kier molecular flexibility index (Phi) is 5.16. The van der Waals surface area contributed by atoms with Crippen LogP contribution >= 0.6 is 0 Å². The first kappa shape index (κ1) is 13.5. The molecule has 0 amide bonds. The Hall–Kier alpha value is -0.910. The molecule has 102 valence electrons. The van der Waals surface area contributed by atoms with Gasteiger partial charge in [0, 0.05) is 20.0 Å². The van der Waals surface area contributed by atoms with Gasteiger partial charge in [-0.2, -0.15) is 0 Å². The summed E-state index contributed by atoms with van der Waals surface area (Å²) in [4.78, 5) is 6.71. The van der Waals surface area contributed by atoms with Crippen LogP contribution in [-0.4, -0.2) is 49.3 Å². The molecule has 2 heterocycles. The van der Waals surface area contributed by atoms with Crippen molar-refractivity contribution < 1.29 is 9.15 Å². The van der Waals surface area contributed by atoms with Crippen molar-refractivity contribution in [1.82, 2.24) is 15.2 Å². The van der Waals surface area contributed by atoms with E-state index < -0.39 is 0 Å². The highest BCUT2D eigenvalue weighted by atomic mass is 16.5. The zero-order valence-corrected chi connectivity index (χ0v) is 11.4. The molecule has 1 saturated heterocycles. The smallest absolute Gasteiger partial charge is 0.191 e. The number of hydrogen-bond acceptors (Lipinski definition) is 5. The molecule has 1 N–H and O–H groups in total. The van der Waals surface area contributed by atoms with E-state index in [1.165, 1.54) is 0 Å². The van der Waals surface area contributed by atoms with Gasteiger partial charge in [-0.15, -0.1) is 0 Å². The van der Waals surface area contributed by atoms with Crippen molar-refractivity contribution in [2.75, 3.05) is 39.4 Å². The minimum Gasteiger partial charge on any atom is -0.444 e. The van der Waals surface area contributed by atoms with Crippen LogP contribution in [0.4, 0.5) is 0 Å². The highest BCUT2D eigenvalue weighted by Gasteiger charge is 2.09. The monoisotopic (exact) mass is 253 g/mol. The molecule has 5 heteroatoms. The van der Waals surface area contributed by atoms with E-state index in [0.717, 1.165) is 69.7 Å². The number of nitrogens with zero attached hydrogens (tertiary/aromatic N) is 2. The first-order valence-electron chi connectivity index (χ1n) is 6.69. The molecule has 0 unspecified atom stereocenters. The van der Waals surface area contributed by atoms with Crippen molar-refractivity contribution in [3.63, 3.8) is 0 Å². The van der Waals surface area contributed by atoms with Gasteiger partial charge < -0.3 is 14.5 Å². The number of aryl methyl sites for hydroxylation is 2. The molecule has 2 rings (SSSR count). The standard InChI is InChI=1S/C13H23N3O2/c1-11-13(18-12(2)15-11)10-14-4-3-5-16-6-8-17-9-7-16/h14H,3-10H2,1-2H3. The SMILES string of the molecule is Cc1nc(C)c(CNCCCN2CCOCC2)o1. The van der Waals surface area contributed by atoms with Crippen molar-refractivity contribution in [3.8, 4) is 0 Å². The maximum absolute atomic E-state index is 5.51. The Bertz CT molecular complexity index is 359. The fourth-order valence-corrected chi connectivity index (χ4v) is 2.19. The number of ether oxygens (including phenoxy) is 1. The summed E-state index contributed by atoms with van der Waals surface area (Å²) in [5.74, 6) is 1.71. The number of rotatable bonds is 6. The van der Waals surface area contributed by atoms with E-state index in [1.54, 1.807) is 0 Å². The van der Waals surface area contributed by atoms with Gasteiger partial charge >= 0.3 is 0 Å². The Morgan fingerprint density at radius 3 is 2.72 bits per heavy atom. The van der Waals surface area contributed by atoms with Gasteiger partial charge in [-0.3, -0.25) is 4.90 Å². The van der Waals surface area contributed by atoms with Gasteiger partial charge in [0.15, 0.2) is 5.89 Å². The number of nitrogens with one attached hydrogen (secondary N) is 1. The lowest BCUT2D eigenvalue weighted by Crippen LogP contribution is -2.37. The van der Waals surface area contributed by atoms with Crippen molar-refractivity contribution in [2.45, 2.75) is 26.8 Å². The summed E-state index contributed by atoms with van der Waals surface area (Å²) in [7, 11) is 0. The van der Waals surface area contributed by atoms with E-state index >= 15 is 0 Å². The summed E-state index contributed by atoms with van der Waals surface area (Å²) < 4.78 is 10.8. The summed E-state index contributed by atoms with van der Waals surface area (Å²) in [5.41, 5.74) is 0.994. The molecule has 5 nitrogen and oxygen atoms in total. The third-order valence-electron chi connectivity index (χ3n) is 3.22. The van der Waals surface area contributed by atoms with Crippen LogP contribution in [-0.2, 0) is 11.3 Å².